The summed E-state index contributed by atoms with van der Waals surface area (Å²) >= 11 is 0. The van der Waals surface area contributed by atoms with Gasteiger partial charge < -0.3 is 19.3 Å². The molecule has 3 heterocycles. The lowest BCUT2D eigenvalue weighted by atomic mass is 9.47. The van der Waals surface area contributed by atoms with E-state index in [2.05, 4.69) is 15.3 Å². The number of alkyl halides is 4. The minimum atomic E-state index is -4.73. The molecule has 2 aromatic heterocycles. The zero-order valence-corrected chi connectivity index (χ0v) is 22.6. The molecule has 1 aliphatic heterocycles. The van der Waals surface area contributed by atoms with Gasteiger partial charge in [-0.25, -0.2) is 18.9 Å². The highest BCUT2D eigenvalue weighted by atomic mass is 19.4. The predicted octanol–water partition coefficient (Wildman–Crippen LogP) is 4.28. The number of aryl methyl sites for hydroxylation is 1. The Morgan fingerprint density at radius 2 is 1.93 bits per heavy atom. The van der Waals surface area contributed by atoms with Crippen LogP contribution in [0, 0.1) is 5.92 Å². The van der Waals surface area contributed by atoms with Crippen molar-refractivity contribution < 1.29 is 36.6 Å². The van der Waals surface area contributed by atoms with E-state index in [0.29, 0.717) is 25.9 Å². The predicted molar refractivity (Wildman–Crippen MR) is 134 cm³/mol. The molecule has 2 aromatic rings. The summed E-state index contributed by atoms with van der Waals surface area (Å²) in [7, 11) is 3.10. The van der Waals surface area contributed by atoms with Gasteiger partial charge in [0.2, 0.25) is 0 Å². The van der Waals surface area contributed by atoms with E-state index in [9.17, 15) is 27.2 Å². The first-order chi connectivity index (χ1) is 18.8. The summed E-state index contributed by atoms with van der Waals surface area (Å²) in [6.45, 7) is 2.08. The molecule has 6 rings (SSSR count). The Morgan fingerprint density at radius 3 is 2.58 bits per heavy atom. The molecule has 1 saturated heterocycles. The SMILES string of the molecule is CC(=O)OCC[C@H]1CCCN(c2ccc(-c3nnn(C)c3COC(=O)N(C)C34CC(F)(C3)C4)nc2C(F)(F)F)C1. The maximum atomic E-state index is 14.2. The van der Waals surface area contributed by atoms with Crippen LogP contribution in [0.3, 0.4) is 0 Å². The maximum Gasteiger partial charge on any atom is 0.435 e. The summed E-state index contributed by atoms with van der Waals surface area (Å²) in [5, 5.41) is 7.91. The number of hydrogen-bond donors (Lipinski definition) is 0. The highest BCUT2D eigenvalue weighted by Gasteiger charge is 2.72. The van der Waals surface area contributed by atoms with Gasteiger partial charge in [-0.1, -0.05) is 5.21 Å². The van der Waals surface area contributed by atoms with Crippen molar-refractivity contribution in [1.82, 2.24) is 24.9 Å². The monoisotopic (exact) mass is 568 g/mol. The van der Waals surface area contributed by atoms with Crippen LogP contribution in [0.4, 0.5) is 28.0 Å². The van der Waals surface area contributed by atoms with Crippen molar-refractivity contribution >= 4 is 17.7 Å². The number of rotatable bonds is 8. The first-order valence-corrected chi connectivity index (χ1v) is 13.3. The van der Waals surface area contributed by atoms with Gasteiger partial charge in [0.05, 0.1) is 23.5 Å². The normalized spacial score (nSPS) is 25.6. The number of ether oxygens (including phenoxy) is 2. The van der Waals surface area contributed by atoms with Gasteiger partial charge in [-0.15, -0.1) is 5.10 Å². The molecule has 10 nitrogen and oxygen atoms in total. The number of nitrogens with zero attached hydrogens (tertiary/aromatic N) is 6. The quantitative estimate of drug-likeness (QED) is 0.344. The topological polar surface area (TPSA) is 103 Å². The van der Waals surface area contributed by atoms with Gasteiger partial charge in [0.1, 0.15) is 23.7 Å². The van der Waals surface area contributed by atoms with Crippen molar-refractivity contribution in [1.29, 1.82) is 0 Å². The van der Waals surface area contributed by atoms with Crippen LogP contribution in [0.15, 0.2) is 12.1 Å². The summed E-state index contributed by atoms with van der Waals surface area (Å²) in [5.74, 6) is -0.310. The van der Waals surface area contributed by atoms with Crippen molar-refractivity contribution in [3.05, 3.63) is 23.5 Å². The second-order valence-electron chi connectivity index (χ2n) is 11.2. The van der Waals surface area contributed by atoms with Crippen molar-refractivity contribution in [2.24, 2.45) is 13.0 Å². The molecule has 0 aromatic carbocycles. The molecular weight excluding hydrogens is 536 g/mol. The van der Waals surface area contributed by atoms with Gasteiger partial charge in [0, 0.05) is 53.4 Å². The second kappa shape index (κ2) is 10.2. The first-order valence-electron chi connectivity index (χ1n) is 13.3. The molecule has 14 heteroatoms. The molecule has 4 fully saturated rings. The molecule has 218 valence electrons. The number of hydrogen-bond acceptors (Lipinski definition) is 8. The smallest absolute Gasteiger partial charge is 0.435 e. The fourth-order valence-corrected chi connectivity index (χ4v) is 6.06. The molecule has 3 aliphatic carbocycles. The van der Waals surface area contributed by atoms with Crippen LogP contribution in [0.2, 0.25) is 0 Å². The van der Waals surface area contributed by atoms with E-state index in [1.807, 2.05) is 0 Å². The van der Waals surface area contributed by atoms with E-state index in [0.717, 1.165) is 6.42 Å². The molecule has 0 unspecified atom stereocenters. The van der Waals surface area contributed by atoms with Gasteiger partial charge in [-0.2, -0.15) is 13.2 Å². The Hall–Kier alpha value is -3.45. The van der Waals surface area contributed by atoms with E-state index in [1.165, 1.54) is 28.6 Å². The summed E-state index contributed by atoms with van der Waals surface area (Å²) in [6, 6.07) is 2.84. The lowest BCUT2D eigenvalue weighted by Gasteiger charge is -2.68. The fraction of sp³-hybridized carbons (Fsp3) is 0.654. The summed E-state index contributed by atoms with van der Waals surface area (Å²) in [6.07, 6.45) is -2.44. The molecular formula is C26H32F4N6O4. The van der Waals surface area contributed by atoms with Crippen LogP contribution in [-0.2, 0) is 34.1 Å². The third-order valence-electron chi connectivity index (χ3n) is 8.27. The number of halogens is 4. The van der Waals surface area contributed by atoms with Crippen LogP contribution < -0.4 is 4.90 Å². The average Bonchev–Trinajstić information content (AvgIpc) is 3.23. The van der Waals surface area contributed by atoms with E-state index in [-0.39, 0.29) is 67.1 Å². The number of carbonyl (C=O) groups is 2. The van der Waals surface area contributed by atoms with Crippen LogP contribution >= 0.6 is 0 Å². The molecule has 3 saturated carbocycles. The molecule has 40 heavy (non-hydrogen) atoms. The summed E-state index contributed by atoms with van der Waals surface area (Å²) < 4.78 is 68.3. The molecule has 2 bridgehead atoms. The third-order valence-corrected chi connectivity index (χ3v) is 8.27. The maximum absolute atomic E-state index is 14.2. The summed E-state index contributed by atoms with van der Waals surface area (Å²) in [5.41, 5.74) is -2.48. The first kappa shape index (κ1) is 28.1. The van der Waals surface area contributed by atoms with E-state index in [4.69, 9.17) is 9.47 Å². The average molecular weight is 569 g/mol. The van der Waals surface area contributed by atoms with Crippen molar-refractivity contribution in [2.45, 2.75) is 69.4 Å². The number of amides is 1. The van der Waals surface area contributed by atoms with Gasteiger partial charge >= 0.3 is 18.2 Å². The van der Waals surface area contributed by atoms with E-state index in [1.54, 1.807) is 19.0 Å². The second-order valence-corrected chi connectivity index (χ2v) is 11.2. The van der Waals surface area contributed by atoms with Gasteiger partial charge in [0.25, 0.3) is 0 Å². The zero-order chi connectivity index (χ0) is 28.9. The summed E-state index contributed by atoms with van der Waals surface area (Å²) in [4.78, 5) is 30.7. The molecule has 0 N–H and O–H groups in total. The Kier molecular flexibility index (Phi) is 7.15. The largest absolute Gasteiger partial charge is 0.466 e. The number of aromatic nitrogens is 4. The number of pyridine rings is 1. The third kappa shape index (κ3) is 5.31. The number of esters is 1. The van der Waals surface area contributed by atoms with Gasteiger partial charge in [0.15, 0.2) is 5.69 Å². The Morgan fingerprint density at radius 1 is 1.20 bits per heavy atom. The lowest BCUT2D eigenvalue weighted by Crippen LogP contribution is -2.76. The molecule has 4 aliphatic rings. The van der Waals surface area contributed by atoms with Crippen LogP contribution in [0.5, 0.6) is 0 Å². The van der Waals surface area contributed by atoms with Gasteiger partial charge in [-0.05, 0) is 37.3 Å². The Labute approximate surface area is 228 Å². The zero-order valence-electron chi connectivity index (χ0n) is 22.6. The van der Waals surface area contributed by atoms with Gasteiger partial charge in [-0.3, -0.25) is 4.79 Å². The molecule has 1 atom stereocenters. The standard InChI is InChI=1S/C26H32F4N6O4/c1-16(37)39-10-8-17-5-4-9-36(11-17)19-7-6-18(31-22(19)26(28,29)30)21-20(35(3)33-32-21)12-40-23(38)34(2)25-13-24(27,14-25)15-25/h6-7,17H,4-5,8-15H2,1-3H3/t17-,24?,25?/m1/s1. The molecule has 1 amide bonds. The van der Waals surface area contributed by atoms with Crippen molar-refractivity contribution in [3.8, 4) is 11.4 Å². The van der Waals surface area contributed by atoms with Crippen LogP contribution in [-0.4, -0.2) is 74.9 Å². The highest BCUT2D eigenvalue weighted by Crippen LogP contribution is 2.65. The minimum absolute atomic E-state index is 0.0314. The van der Waals surface area contributed by atoms with Crippen LogP contribution in [0.1, 0.15) is 56.8 Å². The molecule has 0 spiro atoms. The number of carbonyl (C=O) groups excluding carboxylic acids is 2. The fourth-order valence-electron chi connectivity index (χ4n) is 6.06. The number of anilines is 1. The lowest BCUT2D eigenvalue weighted by molar-refractivity contribution is -0.211. The van der Waals surface area contributed by atoms with E-state index >= 15 is 0 Å². The van der Waals surface area contributed by atoms with Crippen LogP contribution in [0.25, 0.3) is 11.4 Å². The van der Waals surface area contributed by atoms with Crippen molar-refractivity contribution in [3.63, 3.8) is 0 Å². The highest BCUT2D eigenvalue weighted by molar-refractivity contribution is 5.70. The Balaban J connectivity index is 1.32. The minimum Gasteiger partial charge on any atom is -0.466 e. The Bertz CT molecular complexity index is 1280. The van der Waals surface area contributed by atoms with E-state index < -0.39 is 29.2 Å². The van der Waals surface area contributed by atoms with Crippen molar-refractivity contribution in [2.75, 3.05) is 31.6 Å². The number of piperidine rings is 1. The molecule has 0 radical (unpaired) electrons.